The number of aliphatic carboxylic acids is 1. The van der Waals surface area contributed by atoms with E-state index in [4.69, 9.17) is 14.7 Å². The van der Waals surface area contributed by atoms with Crippen LogP contribution in [0, 0.1) is 11.8 Å². The largest absolute Gasteiger partial charge is 0.491 e. The first kappa shape index (κ1) is 19.2. The smallest absolute Gasteiger partial charge is 0.305 e. The van der Waals surface area contributed by atoms with Gasteiger partial charge in [0.25, 0.3) is 0 Å². The Bertz CT molecular complexity index is 725. The van der Waals surface area contributed by atoms with Crippen molar-refractivity contribution in [1.82, 2.24) is 5.48 Å². The quantitative estimate of drug-likeness (QED) is 0.433. The molecule has 1 unspecified atom stereocenters. The fourth-order valence-corrected chi connectivity index (χ4v) is 3.37. The summed E-state index contributed by atoms with van der Waals surface area (Å²) in [4.78, 5) is 15.7. The summed E-state index contributed by atoms with van der Waals surface area (Å²) in [5.41, 5.74) is 5.04. The van der Waals surface area contributed by atoms with Crippen molar-refractivity contribution in [1.29, 1.82) is 0 Å². The standard InChI is InChI=1S/C21H25NO5/c23-18(14-26-19-4-2-1-3-5-19)9-8-15-6-7-16-12-17(13-20(15)16)22-27-11-10-21(24)25/h1-6,8-9,13,16,18,20,22-23H,7,10-12,14H2,(H,24,25)/t16-,18?,20+/m1/s1. The summed E-state index contributed by atoms with van der Waals surface area (Å²) in [6, 6.07) is 9.42. The van der Waals surface area contributed by atoms with Gasteiger partial charge in [0, 0.05) is 11.6 Å². The van der Waals surface area contributed by atoms with Gasteiger partial charge in [-0.25, -0.2) is 0 Å². The minimum Gasteiger partial charge on any atom is -0.491 e. The zero-order valence-electron chi connectivity index (χ0n) is 15.1. The lowest BCUT2D eigenvalue weighted by Gasteiger charge is -2.11. The average molecular weight is 371 g/mol. The molecule has 2 aliphatic rings. The van der Waals surface area contributed by atoms with Gasteiger partial charge in [0.05, 0.1) is 13.0 Å². The van der Waals surface area contributed by atoms with E-state index in [1.165, 1.54) is 5.57 Å². The third-order valence-corrected chi connectivity index (χ3v) is 4.71. The molecule has 0 saturated carbocycles. The zero-order valence-corrected chi connectivity index (χ0v) is 15.1. The van der Waals surface area contributed by atoms with Crippen LogP contribution in [0.4, 0.5) is 0 Å². The van der Waals surface area contributed by atoms with E-state index in [0.717, 1.165) is 24.3 Å². The Balaban J connectivity index is 1.45. The normalized spacial score (nSPS) is 22.3. The first-order valence-corrected chi connectivity index (χ1v) is 9.16. The molecule has 0 aliphatic heterocycles. The lowest BCUT2D eigenvalue weighted by molar-refractivity contribution is -0.138. The van der Waals surface area contributed by atoms with Crippen LogP contribution in [-0.2, 0) is 9.63 Å². The minimum atomic E-state index is -0.876. The summed E-state index contributed by atoms with van der Waals surface area (Å²) in [5, 5.41) is 18.7. The van der Waals surface area contributed by atoms with Crippen LogP contribution in [0.15, 0.2) is 65.9 Å². The molecule has 1 aromatic carbocycles. The molecule has 0 fully saturated rings. The predicted octanol–water partition coefficient (Wildman–Crippen LogP) is 2.83. The maximum Gasteiger partial charge on any atom is 0.305 e. The Morgan fingerprint density at radius 2 is 2.15 bits per heavy atom. The van der Waals surface area contributed by atoms with Gasteiger partial charge in [-0.05, 0) is 36.5 Å². The Hall–Kier alpha value is -2.57. The van der Waals surface area contributed by atoms with Crippen molar-refractivity contribution in [3.8, 4) is 5.75 Å². The third-order valence-electron chi connectivity index (χ3n) is 4.71. The number of allylic oxidation sites excluding steroid dienone is 5. The highest BCUT2D eigenvalue weighted by Gasteiger charge is 2.32. The van der Waals surface area contributed by atoms with Crippen LogP contribution in [0.5, 0.6) is 5.75 Å². The van der Waals surface area contributed by atoms with Gasteiger partial charge in [0.2, 0.25) is 0 Å². The molecule has 0 saturated heterocycles. The molecule has 0 heterocycles. The van der Waals surface area contributed by atoms with E-state index in [0.29, 0.717) is 11.8 Å². The van der Waals surface area contributed by atoms with Crippen LogP contribution in [0.3, 0.4) is 0 Å². The number of benzene rings is 1. The Morgan fingerprint density at radius 3 is 2.93 bits per heavy atom. The van der Waals surface area contributed by atoms with Gasteiger partial charge >= 0.3 is 5.97 Å². The average Bonchev–Trinajstić information content (AvgIpc) is 3.23. The molecule has 0 bridgehead atoms. The van der Waals surface area contributed by atoms with Crippen LogP contribution in [0.1, 0.15) is 19.3 Å². The number of rotatable bonds is 10. The van der Waals surface area contributed by atoms with Crippen LogP contribution in [0.25, 0.3) is 0 Å². The van der Waals surface area contributed by atoms with Gasteiger partial charge in [-0.2, -0.15) is 0 Å². The van der Waals surface area contributed by atoms with Crippen molar-refractivity contribution in [3.05, 3.63) is 65.9 Å². The van der Waals surface area contributed by atoms with Crippen LogP contribution >= 0.6 is 0 Å². The Kier molecular flexibility index (Phi) is 6.68. The van der Waals surface area contributed by atoms with E-state index in [-0.39, 0.29) is 19.6 Å². The number of para-hydroxylation sites is 1. The van der Waals surface area contributed by atoms with E-state index in [1.54, 1.807) is 6.08 Å². The summed E-state index contributed by atoms with van der Waals surface area (Å²) in [6.45, 7) is 0.347. The van der Waals surface area contributed by atoms with Gasteiger partial charge in [0.1, 0.15) is 18.5 Å². The Labute approximate surface area is 158 Å². The molecule has 144 valence electrons. The molecule has 3 atom stereocenters. The van der Waals surface area contributed by atoms with E-state index in [2.05, 4.69) is 17.6 Å². The van der Waals surface area contributed by atoms with E-state index < -0.39 is 12.1 Å². The van der Waals surface area contributed by atoms with Gasteiger partial charge in [0.15, 0.2) is 0 Å². The molecule has 1 aromatic rings. The monoisotopic (exact) mass is 371 g/mol. The minimum absolute atomic E-state index is 0.0238. The number of hydroxylamine groups is 1. The van der Waals surface area contributed by atoms with Crippen LogP contribution in [0.2, 0.25) is 0 Å². The van der Waals surface area contributed by atoms with Crippen molar-refractivity contribution in [3.63, 3.8) is 0 Å². The molecular weight excluding hydrogens is 346 g/mol. The van der Waals surface area contributed by atoms with Crippen molar-refractivity contribution in [2.24, 2.45) is 11.8 Å². The highest BCUT2D eigenvalue weighted by Crippen LogP contribution is 2.42. The van der Waals surface area contributed by atoms with Crippen molar-refractivity contribution < 1.29 is 24.6 Å². The maximum absolute atomic E-state index is 10.5. The molecule has 27 heavy (non-hydrogen) atoms. The molecular formula is C21H25NO5. The maximum atomic E-state index is 10.5. The number of aliphatic hydroxyl groups is 1. The van der Waals surface area contributed by atoms with Crippen molar-refractivity contribution in [2.45, 2.75) is 25.4 Å². The van der Waals surface area contributed by atoms with E-state index in [9.17, 15) is 9.90 Å². The molecule has 6 nitrogen and oxygen atoms in total. The number of aliphatic hydroxyl groups excluding tert-OH is 1. The molecule has 0 amide bonds. The number of hydrogen-bond acceptors (Lipinski definition) is 5. The van der Waals surface area contributed by atoms with Gasteiger partial charge in [-0.15, -0.1) is 0 Å². The summed E-state index contributed by atoms with van der Waals surface area (Å²) >= 11 is 0. The number of fused-ring (bicyclic) bond motifs is 1. The SMILES string of the molecule is O=C(O)CCONC1=C[C@H]2C(C=CC(O)COc3ccccc3)=CC[C@@H]2C1. The summed E-state index contributed by atoms with van der Waals surface area (Å²) in [7, 11) is 0. The number of carbonyl (C=O) groups is 1. The zero-order chi connectivity index (χ0) is 19.1. The van der Waals surface area contributed by atoms with Gasteiger partial charge in [-0.3, -0.25) is 15.1 Å². The first-order valence-electron chi connectivity index (χ1n) is 9.16. The molecule has 3 N–H and O–H groups in total. The van der Waals surface area contributed by atoms with Crippen LogP contribution < -0.4 is 10.2 Å². The predicted molar refractivity (Wildman–Crippen MR) is 101 cm³/mol. The molecule has 0 aromatic heterocycles. The number of carboxylic acid groups (broad SMARTS) is 1. The summed E-state index contributed by atoms with van der Waals surface area (Å²) < 4.78 is 5.56. The molecule has 6 heteroatoms. The number of carboxylic acids is 1. The number of ether oxygens (including phenoxy) is 1. The second-order valence-corrected chi connectivity index (χ2v) is 6.77. The fourth-order valence-electron chi connectivity index (χ4n) is 3.37. The van der Waals surface area contributed by atoms with Crippen molar-refractivity contribution >= 4 is 5.97 Å². The second kappa shape index (κ2) is 9.39. The second-order valence-electron chi connectivity index (χ2n) is 6.77. The van der Waals surface area contributed by atoms with E-state index >= 15 is 0 Å². The lowest BCUT2D eigenvalue weighted by Crippen LogP contribution is -2.16. The lowest BCUT2D eigenvalue weighted by atomic mass is 9.94. The van der Waals surface area contributed by atoms with Crippen LogP contribution in [-0.4, -0.2) is 35.5 Å². The van der Waals surface area contributed by atoms with Crippen molar-refractivity contribution in [2.75, 3.05) is 13.2 Å². The summed E-state index contributed by atoms with van der Waals surface area (Å²) in [6.07, 6.45) is 9.23. The highest BCUT2D eigenvalue weighted by atomic mass is 16.6. The van der Waals surface area contributed by atoms with Gasteiger partial charge < -0.3 is 14.9 Å². The topological polar surface area (TPSA) is 88.0 Å². The van der Waals surface area contributed by atoms with E-state index in [1.807, 2.05) is 36.4 Å². The molecule has 0 spiro atoms. The number of hydrogen-bond donors (Lipinski definition) is 3. The van der Waals surface area contributed by atoms with Gasteiger partial charge in [-0.1, -0.05) is 42.5 Å². The first-order chi connectivity index (χ1) is 13.1. The Morgan fingerprint density at radius 1 is 1.33 bits per heavy atom. The summed E-state index contributed by atoms with van der Waals surface area (Å²) in [5.74, 6) is 0.656. The molecule has 3 rings (SSSR count). The highest BCUT2D eigenvalue weighted by molar-refractivity contribution is 5.66. The number of nitrogens with one attached hydrogen (secondary N) is 1. The third kappa shape index (κ3) is 5.70. The fraction of sp³-hybridized carbons (Fsp3) is 0.381. The molecule has 0 radical (unpaired) electrons. The molecule has 2 aliphatic carbocycles.